The molecule has 20 heavy (non-hydrogen) atoms. The Bertz CT molecular complexity index is 351. The Hall–Kier alpha value is -1.06. The highest BCUT2D eigenvalue weighted by molar-refractivity contribution is 5.98. The van der Waals surface area contributed by atoms with Crippen LogP contribution in [0.15, 0.2) is 0 Å². The molecule has 1 unspecified atom stereocenters. The molecular weight excluding hydrogens is 254 g/mol. The summed E-state index contributed by atoms with van der Waals surface area (Å²) in [6.07, 6.45) is 4.75. The van der Waals surface area contributed by atoms with E-state index in [9.17, 15) is 9.59 Å². The van der Waals surface area contributed by atoms with E-state index in [1.54, 1.807) is 6.92 Å². The van der Waals surface area contributed by atoms with Gasteiger partial charge in [-0.3, -0.25) is 9.59 Å². The Kier molecular flexibility index (Phi) is 5.60. The summed E-state index contributed by atoms with van der Waals surface area (Å²) in [4.78, 5) is 24.4. The average molecular weight is 283 g/mol. The molecule has 0 aromatic rings. The monoisotopic (exact) mass is 283 g/mol. The van der Waals surface area contributed by atoms with Crippen LogP contribution in [-0.2, 0) is 14.3 Å². The summed E-state index contributed by atoms with van der Waals surface area (Å²) in [7, 11) is 0. The van der Waals surface area contributed by atoms with Gasteiger partial charge in [0, 0.05) is 6.54 Å². The maximum absolute atomic E-state index is 12.4. The molecule has 0 spiro atoms. The molecule has 4 nitrogen and oxygen atoms in total. The predicted molar refractivity (Wildman–Crippen MR) is 79.2 cm³/mol. The first-order valence-electron chi connectivity index (χ1n) is 7.64. The van der Waals surface area contributed by atoms with E-state index in [0.717, 1.165) is 12.8 Å². The third kappa shape index (κ3) is 4.50. The maximum atomic E-state index is 12.4. The van der Waals surface area contributed by atoms with Crippen molar-refractivity contribution in [3.8, 4) is 0 Å². The Balaban J connectivity index is 2.66. The molecule has 1 rings (SSSR count). The number of hydrogen-bond acceptors (Lipinski definition) is 3. The summed E-state index contributed by atoms with van der Waals surface area (Å²) < 4.78 is 5.05. The summed E-state index contributed by atoms with van der Waals surface area (Å²) >= 11 is 0. The van der Waals surface area contributed by atoms with E-state index in [1.165, 1.54) is 12.8 Å². The van der Waals surface area contributed by atoms with Crippen molar-refractivity contribution in [1.29, 1.82) is 0 Å². The zero-order chi connectivity index (χ0) is 15.4. The zero-order valence-electron chi connectivity index (χ0n) is 13.5. The van der Waals surface area contributed by atoms with Crippen LogP contribution in [0.2, 0.25) is 0 Å². The highest BCUT2D eigenvalue weighted by Gasteiger charge is 2.39. The Morgan fingerprint density at radius 1 is 1.25 bits per heavy atom. The highest BCUT2D eigenvalue weighted by Crippen LogP contribution is 2.37. The molecule has 1 amide bonds. The van der Waals surface area contributed by atoms with Crippen molar-refractivity contribution in [3.05, 3.63) is 0 Å². The van der Waals surface area contributed by atoms with Crippen molar-refractivity contribution in [1.82, 2.24) is 5.32 Å². The van der Waals surface area contributed by atoms with Gasteiger partial charge >= 0.3 is 5.97 Å². The SMILES string of the molecule is CCOC(=O)C(C(=O)NCC1(C)CCCC1)C(C)(C)C. The van der Waals surface area contributed by atoms with Crippen molar-refractivity contribution >= 4 is 11.9 Å². The first kappa shape index (κ1) is 17.0. The third-order valence-corrected chi connectivity index (χ3v) is 4.15. The van der Waals surface area contributed by atoms with Gasteiger partial charge in [-0.2, -0.15) is 0 Å². The minimum Gasteiger partial charge on any atom is -0.465 e. The fourth-order valence-corrected chi connectivity index (χ4v) is 2.89. The molecule has 0 saturated heterocycles. The summed E-state index contributed by atoms with van der Waals surface area (Å²) in [5.74, 6) is -1.37. The van der Waals surface area contributed by atoms with Crippen molar-refractivity contribution in [3.63, 3.8) is 0 Å². The van der Waals surface area contributed by atoms with Crippen molar-refractivity contribution < 1.29 is 14.3 Å². The Labute approximate surface area is 122 Å². The molecule has 0 bridgehead atoms. The number of nitrogens with one attached hydrogen (secondary N) is 1. The molecule has 116 valence electrons. The molecule has 0 heterocycles. The molecule has 0 aromatic heterocycles. The second kappa shape index (κ2) is 6.59. The minimum atomic E-state index is -0.743. The van der Waals surface area contributed by atoms with Gasteiger partial charge in [-0.25, -0.2) is 0 Å². The van der Waals surface area contributed by atoms with Crippen molar-refractivity contribution in [2.45, 2.75) is 60.3 Å². The second-order valence-electron chi connectivity index (χ2n) is 7.29. The number of rotatable bonds is 5. The van der Waals surface area contributed by atoms with E-state index in [1.807, 2.05) is 20.8 Å². The van der Waals surface area contributed by atoms with Crippen LogP contribution in [0.5, 0.6) is 0 Å². The van der Waals surface area contributed by atoms with E-state index in [0.29, 0.717) is 13.2 Å². The Morgan fingerprint density at radius 3 is 2.25 bits per heavy atom. The number of amides is 1. The molecule has 0 aliphatic heterocycles. The molecule has 1 aliphatic rings. The normalized spacial score (nSPS) is 19.4. The lowest BCUT2D eigenvalue weighted by atomic mass is 9.79. The first-order chi connectivity index (χ1) is 9.19. The van der Waals surface area contributed by atoms with Crippen LogP contribution in [0.3, 0.4) is 0 Å². The van der Waals surface area contributed by atoms with Gasteiger partial charge in [0.05, 0.1) is 6.61 Å². The van der Waals surface area contributed by atoms with E-state index in [2.05, 4.69) is 12.2 Å². The largest absolute Gasteiger partial charge is 0.465 e. The van der Waals surface area contributed by atoms with Gasteiger partial charge < -0.3 is 10.1 Å². The summed E-state index contributed by atoms with van der Waals surface area (Å²) in [5.41, 5.74) is -0.250. The topological polar surface area (TPSA) is 55.4 Å². The molecule has 1 N–H and O–H groups in total. The van der Waals surface area contributed by atoms with Crippen LogP contribution < -0.4 is 5.32 Å². The molecule has 0 aromatic carbocycles. The lowest BCUT2D eigenvalue weighted by Gasteiger charge is -2.30. The van der Waals surface area contributed by atoms with E-state index >= 15 is 0 Å². The van der Waals surface area contributed by atoms with Gasteiger partial charge in [-0.05, 0) is 30.6 Å². The lowest BCUT2D eigenvalue weighted by molar-refractivity contribution is -0.156. The quantitative estimate of drug-likeness (QED) is 0.623. The van der Waals surface area contributed by atoms with Gasteiger partial charge in [0.25, 0.3) is 0 Å². The fourth-order valence-electron chi connectivity index (χ4n) is 2.89. The van der Waals surface area contributed by atoms with Crippen LogP contribution in [0.1, 0.15) is 60.3 Å². The molecular formula is C16H29NO3. The predicted octanol–water partition coefficient (Wildman–Crippen LogP) is 2.91. The standard InChI is InChI=1S/C16H29NO3/c1-6-20-14(19)12(15(2,3)4)13(18)17-11-16(5)9-7-8-10-16/h12H,6-11H2,1-5H3,(H,17,18). The number of carbonyl (C=O) groups excluding carboxylic acids is 2. The molecule has 4 heteroatoms. The van der Waals surface area contributed by atoms with Gasteiger partial charge in [0.2, 0.25) is 5.91 Å². The molecule has 1 saturated carbocycles. The number of ether oxygens (including phenoxy) is 1. The number of carbonyl (C=O) groups is 2. The lowest BCUT2D eigenvalue weighted by Crippen LogP contribution is -2.46. The fraction of sp³-hybridized carbons (Fsp3) is 0.875. The van der Waals surface area contributed by atoms with Crippen LogP contribution in [0, 0.1) is 16.7 Å². The van der Waals surface area contributed by atoms with Gasteiger partial charge in [0.15, 0.2) is 0 Å². The van der Waals surface area contributed by atoms with Gasteiger partial charge in [-0.1, -0.05) is 40.5 Å². The summed E-state index contributed by atoms with van der Waals surface area (Å²) in [6.45, 7) is 10.6. The van der Waals surface area contributed by atoms with Crippen LogP contribution in [-0.4, -0.2) is 25.0 Å². The minimum absolute atomic E-state index is 0.187. The van der Waals surface area contributed by atoms with E-state index in [-0.39, 0.29) is 11.3 Å². The average Bonchev–Trinajstić information content (AvgIpc) is 2.73. The number of esters is 1. The second-order valence-corrected chi connectivity index (χ2v) is 7.29. The van der Waals surface area contributed by atoms with E-state index in [4.69, 9.17) is 4.74 Å². The van der Waals surface area contributed by atoms with Crippen LogP contribution in [0.25, 0.3) is 0 Å². The summed E-state index contributed by atoms with van der Waals surface area (Å²) in [6, 6.07) is 0. The molecule has 1 aliphatic carbocycles. The van der Waals surface area contributed by atoms with Gasteiger partial charge in [-0.15, -0.1) is 0 Å². The third-order valence-electron chi connectivity index (χ3n) is 4.15. The van der Waals surface area contributed by atoms with Crippen molar-refractivity contribution in [2.75, 3.05) is 13.2 Å². The van der Waals surface area contributed by atoms with Crippen molar-refractivity contribution in [2.24, 2.45) is 16.7 Å². The smallest absolute Gasteiger partial charge is 0.319 e. The highest BCUT2D eigenvalue weighted by atomic mass is 16.5. The molecule has 1 atom stereocenters. The number of hydrogen-bond donors (Lipinski definition) is 1. The van der Waals surface area contributed by atoms with E-state index < -0.39 is 17.3 Å². The van der Waals surface area contributed by atoms with Crippen LogP contribution >= 0.6 is 0 Å². The Morgan fingerprint density at radius 2 is 1.80 bits per heavy atom. The molecule has 1 fully saturated rings. The van der Waals surface area contributed by atoms with Crippen LogP contribution in [0.4, 0.5) is 0 Å². The molecule has 0 radical (unpaired) electrons. The summed E-state index contributed by atoms with van der Waals surface area (Å²) in [5, 5.41) is 2.97. The zero-order valence-corrected chi connectivity index (χ0v) is 13.5. The first-order valence-corrected chi connectivity index (χ1v) is 7.64. The van der Waals surface area contributed by atoms with Gasteiger partial charge in [0.1, 0.15) is 5.92 Å². The maximum Gasteiger partial charge on any atom is 0.319 e.